The molecule has 0 fully saturated rings. The van der Waals surface area contributed by atoms with Crippen LogP contribution in [0.1, 0.15) is 42.2 Å². The highest BCUT2D eigenvalue weighted by Gasteiger charge is 2.38. The van der Waals surface area contributed by atoms with E-state index in [1.54, 1.807) is 11.6 Å². The lowest BCUT2D eigenvalue weighted by atomic mass is 10.0. The molecule has 2 aliphatic heterocycles. The van der Waals surface area contributed by atoms with Crippen molar-refractivity contribution in [3.8, 4) is 11.3 Å². The molecule has 10 heteroatoms. The number of hydrogen-bond donors (Lipinski definition) is 1. The van der Waals surface area contributed by atoms with E-state index in [0.29, 0.717) is 35.7 Å². The van der Waals surface area contributed by atoms with E-state index in [0.717, 1.165) is 17.7 Å². The molecule has 0 spiro atoms. The molecule has 34 heavy (non-hydrogen) atoms. The number of carbonyl (C=O) groups is 2. The van der Waals surface area contributed by atoms with Crippen molar-refractivity contribution in [3.63, 3.8) is 0 Å². The average molecular weight is 478 g/mol. The van der Waals surface area contributed by atoms with Crippen LogP contribution in [-0.4, -0.2) is 57.3 Å². The van der Waals surface area contributed by atoms with Crippen LogP contribution in [0.4, 0.5) is 10.9 Å². The number of aliphatic imine (C=N–C) groups is 1. The third kappa shape index (κ3) is 4.21. The molecule has 0 radical (unpaired) electrons. The molecule has 176 valence electrons. The van der Waals surface area contributed by atoms with Crippen LogP contribution in [0.2, 0.25) is 0 Å². The Balaban J connectivity index is 1.24. The molecule has 1 aromatic carbocycles. The van der Waals surface area contributed by atoms with E-state index in [-0.39, 0.29) is 18.4 Å². The first-order chi connectivity index (χ1) is 16.5. The lowest BCUT2D eigenvalue weighted by Gasteiger charge is -2.30. The van der Waals surface area contributed by atoms with Gasteiger partial charge in [0.15, 0.2) is 16.6 Å². The van der Waals surface area contributed by atoms with Crippen LogP contribution in [0.15, 0.2) is 41.0 Å². The number of imidazole rings is 1. The highest BCUT2D eigenvalue weighted by atomic mass is 32.1. The van der Waals surface area contributed by atoms with E-state index in [9.17, 15) is 9.59 Å². The van der Waals surface area contributed by atoms with Crippen molar-refractivity contribution in [2.24, 2.45) is 4.99 Å². The fourth-order valence-corrected chi connectivity index (χ4v) is 5.01. The zero-order valence-corrected chi connectivity index (χ0v) is 20.1. The van der Waals surface area contributed by atoms with Crippen molar-refractivity contribution in [1.29, 1.82) is 0 Å². The Kier molecular flexibility index (Phi) is 6.14. The summed E-state index contributed by atoms with van der Waals surface area (Å²) in [6, 6.07) is 8.46. The number of guanidine groups is 1. The monoisotopic (exact) mass is 477 g/mol. The summed E-state index contributed by atoms with van der Waals surface area (Å²) < 4.78 is 1.59. The molecule has 2 aromatic heterocycles. The highest BCUT2D eigenvalue weighted by Crippen LogP contribution is 2.29. The summed E-state index contributed by atoms with van der Waals surface area (Å²) in [5, 5.41) is 5.32. The maximum absolute atomic E-state index is 12.9. The van der Waals surface area contributed by atoms with E-state index >= 15 is 0 Å². The van der Waals surface area contributed by atoms with Crippen LogP contribution < -0.4 is 10.2 Å². The van der Waals surface area contributed by atoms with E-state index in [4.69, 9.17) is 0 Å². The fraction of sp³-hybridized carbons (Fsp3) is 0.375. The smallest absolute Gasteiger partial charge is 0.280 e. The Labute approximate surface area is 202 Å². The second-order valence-electron chi connectivity index (χ2n) is 8.48. The number of nitrogens with one attached hydrogen (secondary N) is 1. The number of unbranched alkanes of at least 4 members (excludes halogenated alkanes) is 2. The zero-order valence-electron chi connectivity index (χ0n) is 19.3. The molecule has 0 saturated carbocycles. The number of amides is 2. The summed E-state index contributed by atoms with van der Waals surface area (Å²) in [5.41, 5.74) is 3.59. The fourth-order valence-electron chi connectivity index (χ4n) is 4.28. The number of fused-ring (bicyclic) bond motifs is 3. The van der Waals surface area contributed by atoms with Crippen molar-refractivity contribution < 1.29 is 9.59 Å². The van der Waals surface area contributed by atoms with Gasteiger partial charge >= 0.3 is 0 Å². The lowest BCUT2D eigenvalue weighted by molar-refractivity contribution is -0.116. The SMILES string of the molecule is CCCCCc1ccc(-c2csc(NC(=O)Cn3cnc4c3C(=O)N(C)C3=NCCN34)n2)cc1. The van der Waals surface area contributed by atoms with Crippen molar-refractivity contribution >= 4 is 40.1 Å². The standard InChI is InChI=1S/C24H27N7O2S/c1-3-4-5-6-16-7-9-17(10-8-16)18-14-34-23(27-18)28-19(32)13-30-15-26-21-20(30)22(33)29(2)24-25-11-12-31(21)24/h7-10,14-15H,3-6,11-13H2,1-2H3,(H,27,28,32). The summed E-state index contributed by atoms with van der Waals surface area (Å²) in [7, 11) is 1.69. The number of anilines is 2. The summed E-state index contributed by atoms with van der Waals surface area (Å²) in [6.07, 6.45) is 6.30. The molecule has 4 heterocycles. The maximum Gasteiger partial charge on any atom is 0.280 e. The first-order valence-electron chi connectivity index (χ1n) is 11.5. The third-order valence-electron chi connectivity index (χ3n) is 6.08. The summed E-state index contributed by atoms with van der Waals surface area (Å²) in [5.74, 6) is 0.689. The number of aryl methyl sites for hydroxylation is 1. The molecule has 0 atom stereocenters. The number of rotatable bonds is 8. The van der Waals surface area contributed by atoms with Gasteiger partial charge in [0.2, 0.25) is 11.9 Å². The Hall–Kier alpha value is -3.53. The zero-order chi connectivity index (χ0) is 23.7. The molecule has 2 aliphatic rings. The number of nitrogens with zero attached hydrogens (tertiary/aromatic N) is 6. The maximum atomic E-state index is 12.9. The van der Waals surface area contributed by atoms with Gasteiger partial charge < -0.3 is 9.88 Å². The minimum absolute atomic E-state index is 0.0242. The van der Waals surface area contributed by atoms with E-state index in [1.165, 1.54) is 47.4 Å². The van der Waals surface area contributed by atoms with Crippen molar-refractivity contribution in [2.45, 2.75) is 39.2 Å². The van der Waals surface area contributed by atoms with Gasteiger partial charge in [-0.2, -0.15) is 0 Å². The molecule has 0 aliphatic carbocycles. The molecule has 2 amide bonds. The van der Waals surface area contributed by atoms with Gasteiger partial charge in [0.25, 0.3) is 5.91 Å². The Bertz CT molecular complexity index is 1240. The Morgan fingerprint density at radius 3 is 2.82 bits per heavy atom. The summed E-state index contributed by atoms with van der Waals surface area (Å²) in [4.78, 5) is 42.4. The molecular formula is C24H27N7O2S. The number of thiazole rings is 1. The van der Waals surface area contributed by atoms with Crippen LogP contribution >= 0.6 is 11.3 Å². The number of benzene rings is 1. The lowest BCUT2D eigenvalue weighted by Crippen LogP contribution is -2.48. The summed E-state index contributed by atoms with van der Waals surface area (Å²) >= 11 is 1.38. The van der Waals surface area contributed by atoms with Gasteiger partial charge in [0.1, 0.15) is 6.54 Å². The summed E-state index contributed by atoms with van der Waals surface area (Å²) in [6.45, 7) is 3.48. The van der Waals surface area contributed by atoms with Crippen LogP contribution in [-0.2, 0) is 17.8 Å². The first kappa shape index (κ1) is 22.3. The van der Waals surface area contributed by atoms with E-state index in [2.05, 4.69) is 51.5 Å². The van der Waals surface area contributed by atoms with Gasteiger partial charge in [-0.1, -0.05) is 44.0 Å². The molecule has 1 N–H and O–H groups in total. The van der Waals surface area contributed by atoms with Gasteiger partial charge in [-0.05, 0) is 18.4 Å². The van der Waals surface area contributed by atoms with Crippen LogP contribution in [0.3, 0.4) is 0 Å². The molecule has 5 rings (SSSR count). The van der Waals surface area contributed by atoms with Gasteiger partial charge in [-0.25, -0.2) is 9.97 Å². The Morgan fingerprint density at radius 2 is 2.03 bits per heavy atom. The predicted molar refractivity (Wildman–Crippen MR) is 133 cm³/mol. The molecule has 3 aromatic rings. The predicted octanol–water partition coefficient (Wildman–Crippen LogP) is 3.64. The van der Waals surface area contributed by atoms with Gasteiger partial charge in [0.05, 0.1) is 18.6 Å². The molecule has 9 nitrogen and oxygen atoms in total. The molecule has 0 saturated heterocycles. The Morgan fingerprint density at radius 1 is 1.21 bits per heavy atom. The third-order valence-corrected chi connectivity index (χ3v) is 6.84. The number of aromatic nitrogens is 3. The van der Waals surface area contributed by atoms with Gasteiger partial charge in [-0.15, -0.1) is 11.3 Å². The number of hydrogen-bond acceptors (Lipinski definition) is 7. The molecule has 0 unspecified atom stereocenters. The van der Waals surface area contributed by atoms with Crippen LogP contribution in [0.5, 0.6) is 0 Å². The van der Waals surface area contributed by atoms with E-state index in [1.807, 2.05) is 10.3 Å². The topological polar surface area (TPSA) is 95.7 Å². The average Bonchev–Trinajstić information content (AvgIpc) is 3.58. The van der Waals surface area contributed by atoms with E-state index < -0.39 is 0 Å². The van der Waals surface area contributed by atoms with Crippen molar-refractivity contribution in [1.82, 2.24) is 19.4 Å². The molecular weight excluding hydrogens is 450 g/mol. The van der Waals surface area contributed by atoms with Crippen LogP contribution in [0.25, 0.3) is 11.3 Å². The van der Waals surface area contributed by atoms with Crippen molar-refractivity contribution in [2.75, 3.05) is 30.4 Å². The largest absolute Gasteiger partial charge is 0.315 e. The first-order valence-corrected chi connectivity index (χ1v) is 12.4. The van der Waals surface area contributed by atoms with Gasteiger partial charge in [0, 0.05) is 24.5 Å². The minimum Gasteiger partial charge on any atom is -0.315 e. The second kappa shape index (κ2) is 9.38. The quantitative estimate of drug-likeness (QED) is 0.500. The normalized spacial score (nSPS) is 14.8. The van der Waals surface area contributed by atoms with Crippen LogP contribution in [0, 0.1) is 0 Å². The second-order valence-corrected chi connectivity index (χ2v) is 9.34. The van der Waals surface area contributed by atoms with Gasteiger partial charge in [-0.3, -0.25) is 24.4 Å². The highest BCUT2D eigenvalue weighted by molar-refractivity contribution is 7.14. The molecule has 0 bridgehead atoms. The number of carbonyl (C=O) groups excluding carboxylic acids is 2. The van der Waals surface area contributed by atoms with Crippen molar-refractivity contribution in [3.05, 3.63) is 47.2 Å². The minimum atomic E-state index is -0.260.